The number of nitrogens with one attached hydrogen (secondary N) is 1. The number of aromatic nitrogens is 3. The van der Waals surface area contributed by atoms with E-state index in [4.69, 9.17) is 4.42 Å². The second-order valence-electron chi connectivity index (χ2n) is 5.74. The van der Waals surface area contributed by atoms with Crippen molar-refractivity contribution in [3.05, 3.63) is 40.7 Å². The van der Waals surface area contributed by atoms with Gasteiger partial charge in [-0.2, -0.15) is 4.98 Å². The molecule has 0 saturated carbocycles. The molecule has 0 fully saturated rings. The van der Waals surface area contributed by atoms with E-state index in [-0.39, 0.29) is 11.6 Å². The highest BCUT2D eigenvalue weighted by Crippen LogP contribution is 2.24. The molecule has 3 rings (SSSR count). The lowest BCUT2D eigenvalue weighted by Crippen LogP contribution is -2.25. The minimum Gasteiger partial charge on any atom is -0.472 e. The molecule has 0 aliphatic carbocycles. The van der Waals surface area contributed by atoms with Gasteiger partial charge in [0, 0.05) is 23.5 Å². The van der Waals surface area contributed by atoms with Crippen LogP contribution in [0, 0.1) is 6.92 Å². The molecular weight excluding hydrogens is 292 g/mol. The van der Waals surface area contributed by atoms with Crippen LogP contribution in [0.25, 0.3) is 22.2 Å². The van der Waals surface area contributed by atoms with E-state index in [9.17, 15) is 4.79 Å². The molecule has 0 unspecified atom stereocenters. The minimum atomic E-state index is -0.0746. The van der Waals surface area contributed by atoms with Gasteiger partial charge in [0.2, 0.25) is 5.95 Å². The third-order valence-electron chi connectivity index (χ3n) is 3.77. The Morgan fingerprint density at radius 2 is 2.13 bits per heavy atom. The Hall–Kier alpha value is -2.63. The van der Waals surface area contributed by atoms with Crippen molar-refractivity contribution in [1.82, 2.24) is 14.5 Å². The van der Waals surface area contributed by atoms with E-state index in [1.165, 1.54) is 0 Å². The van der Waals surface area contributed by atoms with Crippen molar-refractivity contribution in [2.75, 3.05) is 11.9 Å². The maximum Gasteiger partial charge on any atom is 0.260 e. The van der Waals surface area contributed by atoms with E-state index in [0.717, 1.165) is 23.2 Å². The standard InChI is InChI=1S/C17H20N4O2/c1-5-18-17-19-11(4)13-8-14(12-6-7-23-9-12)16(22)21(10(2)3)15(13)20-17/h6-10H,5H2,1-4H3,(H,18,19,20). The van der Waals surface area contributed by atoms with Gasteiger partial charge < -0.3 is 9.73 Å². The Balaban J connectivity index is 2.39. The molecule has 0 aliphatic heterocycles. The number of nitrogens with zero attached hydrogens (tertiary/aromatic N) is 3. The first kappa shape index (κ1) is 15.3. The maximum absolute atomic E-state index is 12.9. The molecule has 3 heterocycles. The van der Waals surface area contributed by atoms with E-state index in [1.54, 1.807) is 23.2 Å². The van der Waals surface area contributed by atoms with Crippen molar-refractivity contribution < 1.29 is 4.42 Å². The van der Waals surface area contributed by atoms with Crippen LogP contribution in [0.3, 0.4) is 0 Å². The second kappa shape index (κ2) is 5.87. The van der Waals surface area contributed by atoms with Crippen LogP contribution in [0.15, 0.2) is 33.9 Å². The van der Waals surface area contributed by atoms with Crippen molar-refractivity contribution in [2.24, 2.45) is 0 Å². The average Bonchev–Trinajstić information content (AvgIpc) is 3.00. The Morgan fingerprint density at radius 3 is 2.74 bits per heavy atom. The largest absolute Gasteiger partial charge is 0.472 e. The molecule has 0 bridgehead atoms. The summed E-state index contributed by atoms with van der Waals surface area (Å²) in [6, 6.07) is 3.63. The molecule has 120 valence electrons. The molecule has 23 heavy (non-hydrogen) atoms. The van der Waals surface area contributed by atoms with Gasteiger partial charge in [-0.25, -0.2) is 4.98 Å². The number of hydrogen-bond acceptors (Lipinski definition) is 5. The number of anilines is 1. The van der Waals surface area contributed by atoms with Crippen molar-refractivity contribution in [2.45, 2.75) is 33.7 Å². The van der Waals surface area contributed by atoms with E-state index < -0.39 is 0 Å². The highest BCUT2D eigenvalue weighted by Gasteiger charge is 2.17. The van der Waals surface area contributed by atoms with Gasteiger partial charge in [0.1, 0.15) is 5.65 Å². The normalized spacial score (nSPS) is 11.3. The van der Waals surface area contributed by atoms with Gasteiger partial charge in [0.15, 0.2) is 0 Å². The smallest absolute Gasteiger partial charge is 0.260 e. The number of pyridine rings is 1. The molecule has 0 atom stereocenters. The molecule has 0 aromatic carbocycles. The second-order valence-corrected chi connectivity index (χ2v) is 5.74. The summed E-state index contributed by atoms with van der Waals surface area (Å²) >= 11 is 0. The molecule has 0 radical (unpaired) electrons. The van der Waals surface area contributed by atoms with Gasteiger partial charge in [0.25, 0.3) is 5.56 Å². The summed E-state index contributed by atoms with van der Waals surface area (Å²) in [5.74, 6) is 0.544. The first-order valence-electron chi connectivity index (χ1n) is 7.73. The number of furan rings is 1. The van der Waals surface area contributed by atoms with Crippen LogP contribution < -0.4 is 10.9 Å². The molecular formula is C17H20N4O2. The quantitative estimate of drug-likeness (QED) is 0.799. The van der Waals surface area contributed by atoms with Gasteiger partial charge >= 0.3 is 0 Å². The fourth-order valence-corrected chi connectivity index (χ4v) is 2.69. The summed E-state index contributed by atoms with van der Waals surface area (Å²) in [6.45, 7) is 8.60. The third-order valence-corrected chi connectivity index (χ3v) is 3.77. The van der Waals surface area contributed by atoms with Crippen LogP contribution in [-0.4, -0.2) is 21.1 Å². The molecule has 0 amide bonds. The topological polar surface area (TPSA) is 73.0 Å². The molecule has 1 N–H and O–H groups in total. The van der Waals surface area contributed by atoms with Crippen LogP contribution in [0.2, 0.25) is 0 Å². The molecule has 6 nitrogen and oxygen atoms in total. The summed E-state index contributed by atoms with van der Waals surface area (Å²) in [7, 11) is 0. The van der Waals surface area contributed by atoms with Crippen molar-refractivity contribution in [1.29, 1.82) is 0 Å². The van der Waals surface area contributed by atoms with Crippen LogP contribution in [-0.2, 0) is 0 Å². The van der Waals surface area contributed by atoms with Gasteiger partial charge in [0.05, 0.1) is 23.8 Å². The summed E-state index contributed by atoms with van der Waals surface area (Å²) in [6.07, 6.45) is 3.15. The number of aryl methyl sites for hydroxylation is 1. The third kappa shape index (κ3) is 2.60. The van der Waals surface area contributed by atoms with Crippen LogP contribution >= 0.6 is 0 Å². The van der Waals surface area contributed by atoms with Gasteiger partial charge in [-0.05, 0) is 39.8 Å². The zero-order valence-corrected chi connectivity index (χ0v) is 13.8. The first-order chi connectivity index (χ1) is 11.0. The zero-order chi connectivity index (χ0) is 16.6. The number of hydrogen-bond donors (Lipinski definition) is 1. The maximum atomic E-state index is 12.9. The Labute approximate surface area is 134 Å². The lowest BCUT2D eigenvalue weighted by atomic mass is 10.1. The van der Waals surface area contributed by atoms with E-state index >= 15 is 0 Å². The summed E-state index contributed by atoms with van der Waals surface area (Å²) < 4.78 is 6.84. The van der Waals surface area contributed by atoms with Gasteiger partial charge in [-0.15, -0.1) is 0 Å². The van der Waals surface area contributed by atoms with Gasteiger partial charge in [-0.1, -0.05) is 0 Å². The summed E-state index contributed by atoms with van der Waals surface area (Å²) in [5.41, 5.74) is 2.78. The lowest BCUT2D eigenvalue weighted by Gasteiger charge is -2.16. The Morgan fingerprint density at radius 1 is 1.35 bits per heavy atom. The van der Waals surface area contributed by atoms with E-state index in [2.05, 4.69) is 15.3 Å². The minimum absolute atomic E-state index is 0.0133. The monoisotopic (exact) mass is 312 g/mol. The van der Waals surface area contributed by atoms with Crippen LogP contribution in [0.4, 0.5) is 5.95 Å². The predicted molar refractivity (Wildman–Crippen MR) is 90.8 cm³/mol. The summed E-state index contributed by atoms with van der Waals surface area (Å²) in [4.78, 5) is 22.0. The van der Waals surface area contributed by atoms with Crippen molar-refractivity contribution in [3.8, 4) is 11.1 Å². The molecule has 0 saturated heterocycles. The molecule has 3 aromatic heterocycles. The van der Waals surface area contributed by atoms with Crippen molar-refractivity contribution >= 4 is 17.0 Å². The number of fused-ring (bicyclic) bond motifs is 1. The lowest BCUT2D eigenvalue weighted by molar-refractivity contribution is 0.567. The van der Waals surface area contributed by atoms with Crippen LogP contribution in [0.5, 0.6) is 0 Å². The average molecular weight is 312 g/mol. The molecule has 6 heteroatoms. The van der Waals surface area contributed by atoms with E-state index in [0.29, 0.717) is 17.2 Å². The fraction of sp³-hybridized carbons (Fsp3) is 0.353. The molecule has 0 spiro atoms. The summed E-state index contributed by atoms with van der Waals surface area (Å²) in [5, 5.41) is 3.99. The fourth-order valence-electron chi connectivity index (χ4n) is 2.69. The predicted octanol–water partition coefficient (Wildman–Crippen LogP) is 3.37. The SMILES string of the molecule is CCNc1nc(C)c2cc(-c3ccoc3)c(=O)n(C(C)C)c2n1. The Bertz CT molecular complexity index is 895. The highest BCUT2D eigenvalue weighted by atomic mass is 16.3. The Kier molecular flexibility index (Phi) is 3.90. The zero-order valence-electron chi connectivity index (χ0n) is 13.8. The number of rotatable bonds is 4. The highest BCUT2D eigenvalue weighted by molar-refractivity contribution is 5.84. The first-order valence-corrected chi connectivity index (χ1v) is 7.73. The van der Waals surface area contributed by atoms with Crippen LogP contribution in [0.1, 0.15) is 32.5 Å². The molecule has 3 aromatic rings. The van der Waals surface area contributed by atoms with Crippen molar-refractivity contribution in [3.63, 3.8) is 0 Å². The van der Waals surface area contributed by atoms with E-state index in [1.807, 2.05) is 33.8 Å². The van der Waals surface area contributed by atoms with Gasteiger partial charge in [-0.3, -0.25) is 9.36 Å². The molecule has 0 aliphatic rings.